The summed E-state index contributed by atoms with van der Waals surface area (Å²) in [5, 5.41) is 6.89. The number of nitrogens with one attached hydrogen (secondary N) is 1. The van der Waals surface area contributed by atoms with Crippen molar-refractivity contribution in [2.75, 3.05) is 24.6 Å². The van der Waals surface area contributed by atoms with Gasteiger partial charge in [-0.2, -0.15) is 5.10 Å². The zero-order valence-corrected chi connectivity index (χ0v) is 18.3. The zero-order valence-electron chi connectivity index (χ0n) is 17.5. The van der Waals surface area contributed by atoms with E-state index in [4.69, 9.17) is 19.6 Å². The molecule has 0 aromatic carbocycles. The fraction of sp³-hybridized carbons (Fsp3) is 0.737. The van der Waals surface area contributed by atoms with E-state index in [0.29, 0.717) is 16.9 Å². The monoisotopic (exact) mass is 422 g/mol. The summed E-state index contributed by atoms with van der Waals surface area (Å²) in [7, 11) is 0. The van der Waals surface area contributed by atoms with E-state index in [-0.39, 0.29) is 24.2 Å². The van der Waals surface area contributed by atoms with E-state index < -0.39 is 15.8 Å². The molecule has 0 saturated carbocycles. The molecule has 0 bridgehead atoms. The lowest BCUT2D eigenvalue weighted by atomic mass is 9.73. The first kappa shape index (κ1) is 20.6. The molecule has 2 aliphatic heterocycles. The van der Waals surface area contributed by atoms with Crippen molar-refractivity contribution in [3.05, 3.63) is 11.9 Å². The summed E-state index contributed by atoms with van der Waals surface area (Å²) < 4.78 is 23.4. The summed E-state index contributed by atoms with van der Waals surface area (Å²) in [6.45, 7) is 10.2. The number of rotatable bonds is 4. The Kier molecular flexibility index (Phi) is 5.39. The number of H-pyrrole nitrogens is 1. The van der Waals surface area contributed by atoms with Gasteiger partial charge in [0.2, 0.25) is 0 Å². The van der Waals surface area contributed by atoms with E-state index in [0.717, 1.165) is 38.4 Å². The largest absolute Gasteiger partial charge is 0.376 e. The van der Waals surface area contributed by atoms with Gasteiger partial charge in [-0.1, -0.05) is 0 Å². The van der Waals surface area contributed by atoms with Gasteiger partial charge in [-0.25, -0.2) is 14.2 Å². The first-order chi connectivity index (χ1) is 13.7. The van der Waals surface area contributed by atoms with Crippen LogP contribution in [-0.4, -0.2) is 61.0 Å². The summed E-state index contributed by atoms with van der Waals surface area (Å²) in [4.78, 5) is 11.6. The van der Waals surface area contributed by atoms with Gasteiger partial charge in [0.1, 0.15) is 17.8 Å². The number of nitrogens with zero attached hydrogens (tertiary/aromatic N) is 4. The second kappa shape index (κ2) is 7.57. The summed E-state index contributed by atoms with van der Waals surface area (Å²) >= 11 is -1.44. The van der Waals surface area contributed by atoms with Gasteiger partial charge in [0.05, 0.1) is 23.7 Å². The topological polar surface area (TPSA) is 119 Å². The van der Waals surface area contributed by atoms with Gasteiger partial charge in [-0.15, -0.1) is 0 Å². The number of hydrogen-bond acceptors (Lipinski definition) is 8. The fourth-order valence-electron chi connectivity index (χ4n) is 4.07. The fourth-order valence-corrected chi connectivity index (χ4v) is 4.65. The van der Waals surface area contributed by atoms with Crippen LogP contribution in [0.4, 0.5) is 5.82 Å². The zero-order chi connectivity index (χ0) is 20.8. The van der Waals surface area contributed by atoms with Gasteiger partial charge in [-0.3, -0.25) is 9.28 Å². The van der Waals surface area contributed by atoms with Crippen molar-refractivity contribution in [1.82, 2.24) is 20.2 Å². The first-order valence-electron chi connectivity index (χ1n) is 10.1. The summed E-state index contributed by atoms with van der Waals surface area (Å²) in [6.07, 6.45) is 3.65. The Hall–Kier alpha value is -1.62. The minimum absolute atomic E-state index is 0.0352. The van der Waals surface area contributed by atoms with Crippen molar-refractivity contribution in [1.29, 1.82) is 0 Å². The molecule has 160 valence electrons. The third-order valence-electron chi connectivity index (χ3n) is 6.04. The van der Waals surface area contributed by atoms with Gasteiger partial charge < -0.3 is 15.4 Å². The molecular weight excluding hydrogens is 392 g/mol. The van der Waals surface area contributed by atoms with E-state index in [1.54, 1.807) is 6.20 Å². The summed E-state index contributed by atoms with van der Waals surface area (Å²) in [5.41, 5.74) is 8.45. The maximum atomic E-state index is 12.4. The van der Waals surface area contributed by atoms with Crippen LogP contribution < -0.4 is 10.6 Å². The number of ether oxygens (including phenoxy) is 1. The van der Waals surface area contributed by atoms with Gasteiger partial charge in [0, 0.05) is 24.5 Å². The standard InChI is InChI=1S/C19H30N6O3S/c1-12-15(20)19(11-27-12)5-7-25(8-6-19)17-14(10-28-29(26)18(2,3)4)22-16-13(23-17)9-21-24-16/h9,12,15H,5-8,10-11,20H2,1-4H3,(H,21,22,24)/t12-,15+,29?/m0/s1. The van der Waals surface area contributed by atoms with E-state index in [2.05, 4.69) is 27.0 Å². The number of anilines is 1. The summed E-state index contributed by atoms with van der Waals surface area (Å²) in [5.74, 6) is 0.764. The Morgan fingerprint density at radius 2 is 2.10 bits per heavy atom. The number of piperidine rings is 1. The number of fused-ring (bicyclic) bond motifs is 1. The average Bonchev–Trinajstić information content (AvgIpc) is 3.25. The molecule has 3 atom stereocenters. The van der Waals surface area contributed by atoms with Gasteiger partial charge in [0.25, 0.3) is 0 Å². The lowest BCUT2D eigenvalue weighted by Crippen LogP contribution is -2.51. The van der Waals surface area contributed by atoms with E-state index in [1.807, 2.05) is 20.8 Å². The van der Waals surface area contributed by atoms with Crippen molar-refractivity contribution in [2.24, 2.45) is 11.1 Å². The Labute approximate surface area is 173 Å². The normalized spacial score (nSPS) is 25.8. The van der Waals surface area contributed by atoms with Crippen molar-refractivity contribution in [2.45, 2.75) is 64.0 Å². The molecule has 9 nitrogen and oxygen atoms in total. The molecule has 2 aromatic rings. The molecule has 3 N–H and O–H groups in total. The van der Waals surface area contributed by atoms with Crippen LogP contribution in [-0.2, 0) is 26.6 Å². The van der Waals surface area contributed by atoms with Crippen LogP contribution in [0.1, 0.15) is 46.2 Å². The van der Waals surface area contributed by atoms with Crippen LogP contribution in [0.15, 0.2) is 6.20 Å². The average molecular weight is 423 g/mol. The van der Waals surface area contributed by atoms with Crippen LogP contribution in [0.2, 0.25) is 0 Å². The number of hydrogen-bond donors (Lipinski definition) is 2. The third-order valence-corrected chi connectivity index (χ3v) is 7.37. The Bertz CT molecular complexity index is 903. The van der Waals surface area contributed by atoms with Gasteiger partial charge >= 0.3 is 0 Å². The number of aromatic nitrogens is 4. The molecule has 0 amide bonds. The molecule has 2 aromatic heterocycles. The molecule has 10 heteroatoms. The Morgan fingerprint density at radius 1 is 1.38 bits per heavy atom. The molecular formula is C19H30N6O3S. The number of nitrogens with two attached hydrogens (primary N) is 1. The van der Waals surface area contributed by atoms with Crippen molar-refractivity contribution >= 4 is 28.1 Å². The highest BCUT2D eigenvalue weighted by Gasteiger charge is 2.47. The summed E-state index contributed by atoms with van der Waals surface area (Å²) in [6, 6.07) is 0.0594. The minimum Gasteiger partial charge on any atom is -0.376 e. The SMILES string of the molecule is C[C@@H]1OCC2(CCN(c3nc4cn[nH]c4nc3COS(=O)C(C)(C)C)CC2)[C@@H]1N. The number of aromatic amines is 1. The second-order valence-electron chi connectivity index (χ2n) is 9.10. The van der Waals surface area contributed by atoms with Crippen molar-refractivity contribution in [3.8, 4) is 0 Å². The second-order valence-corrected chi connectivity index (χ2v) is 11.0. The molecule has 1 unspecified atom stereocenters. The Morgan fingerprint density at radius 3 is 2.72 bits per heavy atom. The third kappa shape index (κ3) is 3.90. The molecule has 0 radical (unpaired) electrons. The van der Waals surface area contributed by atoms with Crippen LogP contribution >= 0.6 is 0 Å². The molecule has 1 spiro atoms. The molecule has 2 saturated heterocycles. The van der Waals surface area contributed by atoms with Crippen molar-refractivity contribution in [3.63, 3.8) is 0 Å². The highest BCUT2D eigenvalue weighted by molar-refractivity contribution is 7.81. The lowest BCUT2D eigenvalue weighted by molar-refractivity contribution is 0.0974. The van der Waals surface area contributed by atoms with Crippen LogP contribution in [0, 0.1) is 5.41 Å². The van der Waals surface area contributed by atoms with E-state index in [9.17, 15) is 4.21 Å². The molecule has 4 heterocycles. The molecule has 4 rings (SSSR count). The van der Waals surface area contributed by atoms with E-state index in [1.165, 1.54) is 0 Å². The highest BCUT2D eigenvalue weighted by Crippen LogP contribution is 2.42. The lowest BCUT2D eigenvalue weighted by Gasteiger charge is -2.41. The van der Waals surface area contributed by atoms with E-state index >= 15 is 0 Å². The predicted octanol–water partition coefficient (Wildman–Crippen LogP) is 1.66. The van der Waals surface area contributed by atoms with Crippen LogP contribution in [0.25, 0.3) is 11.2 Å². The minimum atomic E-state index is -1.44. The smallest absolute Gasteiger partial charge is 0.174 e. The predicted molar refractivity (Wildman–Crippen MR) is 112 cm³/mol. The van der Waals surface area contributed by atoms with Gasteiger partial charge in [0.15, 0.2) is 22.5 Å². The molecule has 2 fully saturated rings. The van der Waals surface area contributed by atoms with Gasteiger partial charge in [-0.05, 0) is 40.5 Å². The molecule has 2 aliphatic rings. The maximum absolute atomic E-state index is 12.4. The Balaban J connectivity index is 1.56. The van der Waals surface area contributed by atoms with Crippen LogP contribution in [0.3, 0.4) is 0 Å². The highest BCUT2D eigenvalue weighted by atomic mass is 32.2. The molecule has 29 heavy (non-hydrogen) atoms. The van der Waals surface area contributed by atoms with Crippen molar-refractivity contribution < 1.29 is 13.1 Å². The quantitative estimate of drug-likeness (QED) is 0.763. The molecule has 0 aliphatic carbocycles. The first-order valence-corrected chi connectivity index (χ1v) is 11.1. The van der Waals surface area contributed by atoms with Crippen LogP contribution in [0.5, 0.6) is 0 Å². The maximum Gasteiger partial charge on any atom is 0.174 e.